The van der Waals surface area contributed by atoms with Gasteiger partial charge in [0, 0.05) is 18.4 Å². The zero-order valence-corrected chi connectivity index (χ0v) is 5.90. The summed E-state index contributed by atoms with van der Waals surface area (Å²) < 4.78 is 0. The molecule has 0 saturated heterocycles. The molecule has 1 aliphatic carbocycles. The molecule has 0 heterocycles. The highest BCUT2D eigenvalue weighted by atomic mass is 16.4. The summed E-state index contributed by atoms with van der Waals surface area (Å²) in [6.45, 7) is 0. The van der Waals surface area contributed by atoms with Crippen LogP contribution in [0.1, 0.15) is 12.8 Å². The summed E-state index contributed by atoms with van der Waals surface area (Å²) >= 11 is 0. The van der Waals surface area contributed by atoms with E-state index in [1.54, 1.807) is 5.94 Å². The average molecular weight is 158 g/mol. The summed E-state index contributed by atoms with van der Waals surface area (Å²) in [5.41, 5.74) is 0.329. The molecule has 1 fully saturated rings. The predicted molar refractivity (Wildman–Crippen MR) is 36.5 cm³/mol. The van der Waals surface area contributed by atoms with Gasteiger partial charge < -0.3 is 15.3 Å². The SMILES string of the molecule is O=C=C1CC(O)C(O)C(O)C1. The average Bonchev–Trinajstić information content (AvgIpc) is 1.99. The van der Waals surface area contributed by atoms with Crippen molar-refractivity contribution in [2.75, 3.05) is 0 Å². The maximum Gasteiger partial charge on any atom is 0.123 e. The topological polar surface area (TPSA) is 77.8 Å². The summed E-state index contributed by atoms with van der Waals surface area (Å²) in [7, 11) is 0. The monoisotopic (exact) mass is 158 g/mol. The first-order valence-electron chi connectivity index (χ1n) is 3.42. The fraction of sp³-hybridized carbons (Fsp3) is 0.714. The van der Waals surface area contributed by atoms with Gasteiger partial charge in [-0.2, -0.15) is 0 Å². The largest absolute Gasteiger partial charge is 0.390 e. The second-order valence-corrected chi connectivity index (χ2v) is 2.74. The van der Waals surface area contributed by atoms with Crippen molar-refractivity contribution in [3.8, 4) is 0 Å². The van der Waals surface area contributed by atoms with E-state index in [-0.39, 0.29) is 12.8 Å². The molecule has 4 nitrogen and oxygen atoms in total. The van der Waals surface area contributed by atoms with Crippen LogP contribution < -0.4 is 0 Å². The Bertz CT molecular complexity index is 181. The Labute approximate surface area is 63.8 Å². The van der Waals surface area contributed by atoms with Crippen molar-refractivity contribution in [2.45, 2.75) is 31.2 Å². The number of aliphatic hydroxyl groups excluding tert-OH is 3. The molecular weight excluding hydrogens is 148 g/mol. The van der Waals surface area contributed by atoms with Crippen LogP contribution in [0.15, 0.2) is 5.57 Å². The Hall–Kier alpha value is -0.670. The van der Waals surface area contributed by atoms with Crippen molar-refractivity contribution in [3.63, 3.8) is 0 Å². The third kappa shape index (κ3) is 1.67. The standard InChI is InChI=1S/C7H10O4/c8-3-4-1-5(9)7(11)6(10)2-4/h5-7,9-11H,1-2H2. The minimum Gasteiger partial charge on any atom is -0.390 e. The lowest BCUT2D eigenvalue weighted by Gasteiger charge is -2.28. The highest BCUT2D eigenvalue weighted by molar-refractivity contribution is 5.53. The Balaban J connectivity index is 2.69. The first kappa shape index (κ1) is 8.43. The number of carbonyl (C=O) groups excluding carboxylic acids is 1. The van der Waals surface area contributed by atoms with Gasteiger partial charge in [0.15, 0.2) is 0 Å². The van der Waals surface area contributed by atoms with Crippen LogP contribution in [0, 0.1) is 0 Å². The zero-order chi connectivity index (χ0) is 8.43. The molecule has 62 valence electrons. The summed E-state index contributed by atoms with van der Waals surface area (Å²) in [6.07, 6.45) is -2.97. The molecule has 4 heteroatoms. The van der Waals surface area contributed by atoms with Crippen molar-refractivity contribution in [3.05, 3.63) is 5.57 Å². The first-order chi connectivity index (χ1) is 5.15. The highest BCUT2D eigenvalue weighted by Crippen LogP contribution is 2.22. The summed E-state index contributed by atoms with van der Waals surface area (Å²) in [5, 5.41) is 27.1. The maximum absolute atomic E-state index is 10.1. The molecule has 1 aliphatic rings. The first-order valence-corrected chi connectivity index (χ1v) is 3.42. The van der Waals surface area contributed by atoms with Crippen LogP contribution in [-0.2, 0) is 4.79 Å². The molecular formula is C7H10O4. The van der Waals surface area contributed by atoms with E-state index in [1.165, 1.54) is 0 Å². The van der Waals surface area contributed by atoms with E-state index < -0.39 is 18.3 Å². The van der Waals surface area contributed by atoms with Crippen LogP contribution in [0.3, 0.4) is 0 Å². The lowest BCUT2D eigenvalue weighted by molar-refractivity contribution is -0.0709. The van der Waals surface area contributed by atoms with Gasteiger partial charge >= 0.3 is 0 Å². The molecule has 0 aromatic carbocycles. The predicted octanol–water partition coefficient (Wildman–Crippen LogP) is -1.38. The minimum absolute atomic E-state index is 0.113. The molecule has 11 heavy (non-hydrogen) atoms. The molecule has 1 saturated carbocycles. The molecule has 0 aliphatic heterocycles. The van der Waals surface area contributed by atoms with E-state index in [9.17, 15) is 4.79 Å². The van der Waals surface area contributed by atoms with Gasteiger partial charge in [0.2, 0.25) is 0 Å². The van der Waals surface area contributed by atoms with Crippen molar-refractivity contribution >= 4 is 5.94 Å². The van der Waals surface area contributed by atoms with Crippen molar-refractivity contribution in [2.24, 2.45) is 0 Å². The lowest BCUT2D eigenvalue weighted by Crippen LogP contribution is -2.41. The molecule has 0 aromatic heterocycles. The molecule has 2 unspecified atom stereocenters. The molecule has 0 spiro atoms. The van der Waals surface area contributed by atoms with Crippen LogP contribution in [0.25, 0.3) is 0 Å². The second kappa shape index (κ2) is 3.15. The smallest absolute Gasteiger partial charge is 0.123 e. The van der Waals surface area contributed by atoms with Crippen LogP contribution in [0.5, 0.6) is 0 Å². The molecule has 0 radical (unpaired) electrons. The number of hydrogen-bond donors (Lipinski definition) is 3. The van der Waals surface area contributed by atoms with Crippen molar-refractivity contribution < 1.29 is 20.1 Å². The van der Waals surface area contributed by atoms with E-state index in [4.69, 9.17) is 15.3 Å². The Kier molecular flexibility index (Phi) is 2.42. The van der Waals surface area contributed by atoms with E-state index in [0.29, 0.717) is 5.57 Å². The van der Waals surface area contributed by atoms with E-state index >= 15 is 0 Å². The van der Waals surface area contributed by atoms with Gasteiger partial charge in [-0.1, -0.05) is 0 Å². The number of aliphatic hydroxyl groups is 3. The molecule has 2 atom stereocenters. The van der Waals surface area contributed by atoms with Crippen molar-refractivity contribution in [1.82, 2.24) is 0 Å². The molecule has 0 amide bonds. The van der Waals surface area contributed by atoms with Crippen molar-refractivity contribution in [1.29, 1.82) is 0 Å². The van der Waals surface area contributed by atoms with Gasteiger partial charge in [0.1, 0.15) is 12.0 Å². The molecule has 3 N–H and O–H groups in total. The van der Waals surface area contributed by atoms with Gasteiger partial charge in [-0.15, -0.1) is 0 Å². The number of rotatable bonds is 0. The lowest BCUT2D eigenvalue weighted by atomic mass is 9.89. The minimum atomic E-state index is -1.13. The van der Waals surface area contributed by atoms with Crippen LogP contribution in [0.2, 0.25) is 0 Å². The summed E-state index contributed by atoms with van der Waals surface area (Å²) in [4.78, 5) is 10.1. The number of hydrogen-bond acceptors (Lipinski definition) is 4. The second-order valence-electron chi connectivity index (χ2n) is 2.74. The zero-order valence-electron chi connectivity index (χ0n) is 5.90. The fourth-order valence-electron chi connectivity index (χ4n) is 1.17. The van der Waals surface area contributed by atoms with E-state index in [2.05, 4.69) is 0 Å². The maximum atomic E-state index is 10.1. The summed E-state index contributed by atoms with van der Waals surface area (Å²) in [6, 6.07) is 0. The van der Waals surface area contributed by atoms with Crippen LogP contribution in [0.4, 0.5) is 0 Å². The van der Waals surface area contributed by atoms with Gasteiger partial charge in [-0.25, -0.2) is 4.79 Å². The third-order valence-electron chi connectivity index (χ3n) is 1.84. The molecule has 0 aromatic rings. The van der Waals surface area contributed by atoms with Gasteiger partial charge in [0.25, 0.3) is 0 Å². The molecule has 0 bridgehead atoms. The Morgan fingerprint density at radius 2 is 1.64 bits per heavy atom. The van der Waals surface area contributed by atoms with Gasteiger partial charge in [-0.3, -0.25) is 0 Å². The Morgan fingerprint density at radius 3 is 2.00 bits per heavy atom. The Morgan fingerprint density at radius 1 is 1.18 bits per heavy atom. The normalized spacial score (nSPS) is 38.5. The highest BCUT2D eigenvalue weighted by Gasteiger charge is 2.31. The van der Waals surface area contributed by atoms with E-state index in [1.807, 2.05) is 0 Å². The fourth-order valence-corrected chi connectivity index (χ4v) is 1.17. The third-order valence-corrected chi connectivity index (χ3v) is 1.84. The van der Waals surface area contributed by atoms with Crippen LogP contribution in [-0.4, -0.2) is 39.6 Å². The van der Waals surface area contributed by atoms with Gasteiger partial charge in [0.05, 0.1) is 12.2 Å². The quantitative estimate of drug-likeness (QED) is 0.380. The van der Waals surface area contributed by atoms with Crippen LogP contribution >= 0.6 is 0 Å². The summed E-state index contributed by atoms with van der Waals surface area (Å²) in [5.74, 6) is 1.62. The van der Waals surface area contributed by atoms with E-state index in [0.717, 1.165) is 0 Å². The van der Waals surface area contributed by atoms with Gasteiger partial charge in [-0.05, 0) is 0 Å². The molecule has 1 rings (SSSR count).